The van der Waals surface area contributed by atoms with Crippen LogP contribution < -0.4 is 17.0 Å². The van der Waals surface area contributed by atoms with Gasteiger partial charge in [-0.2, -0.15) is 4.79 Å². The first-order valence-electron chi connectivity index (χ1n) is 3.69. The van der Waals surface area contributed by atoms with Crippen LogP contribution in [0.1, 0.15) is 0 Å². The summed E-state index contributed by atoms with van der Waals surface area (Å²) < 4.78 is 0. The molecule has 16 heavy (non-hydrogen) atoms. The van der Waals surface area contributed by atoms with E-state index in [4.69, 9.17) is 5.84 Å². The Hall–Kier alpha value is -1.12. The van der Waals surface area contributed by atoms with Crippen LogP contribution in [0.3, 0.4) is 0 Å². The van der Waals surface area contributed by atoms with Crippen molar-refractivity contribution in [3.8, 4) is 0 Å². The molecule has 0 atom stereocenters. The molecular formula is C8H11N3NaO4. The first-order valence-corrected chi connectivity index (χ1v) is 3.69. The number of rotatable bonds is 0. The van der Waals surface area contributed by atoms with Gasteiger partial charge >= 0.3 is 0 Å². The zero-order valence-electron chi connectivity index (χ0n) is 8.65. The summed E-state index contributed by atoms with van der Waals surface area (Å²) in [4.78, 5) is 23.3. The zero-order valence-corrected chi connectivity index (χ0v) is 10.7. The van der Waals surface area contributed by atoms with E-state index in [2.05, 4.69) is 5.10 Å². The summed E-state index contributed by atoms with van der Waals surface area (Å²) in [6, 6.07) is 6.52. The van der Waals surface area contributed by atoms with Crippen molar-refractivity contribution < 1.29 is 11.0 Å². The van der Waals surface area contributed by atoms with E-state index < -0.39 is 5.56 Å². The number of aromatic amines is 1. The van der Waals surface area contributed by atoms with Crippen molar-refractivity contribution in [2.75, 3.05) is 5.84 Å². The molecule has 0 aliphatic heterocycles. The third-order valence-corrected chi connectivity index (χ3v) is 1.84. The summed E-state index contributed by atoms with van der Waals surface area (Å²) in [5, 5.41) is 2.89. The molecule has 1 radical (unpaired) electrons. The van der Waals surface area contributed by atoms with Crippen molar-refractivity contribution in [3.63, 3.8) is 0 Å². The minimum atomic E-state index is -0.407. The third-order valence-electron chi connectivity index (χ3n) is 1.84. The summed E-state index contributed by atoms with van der Waals surface area (Å²) in [7, 11) is 0. The molecule has 2 aromatic rings. The molecule has 1 aromatic heterocycles. The second-order valence-electron chi connectivity index (χ2n) is 2.66. The number of aromatic nitrogens is 2. The molecule has 0 spiro atoms. The number of fused-ring (bicyclic) bond motifs is 1. The van der Waals surface area contributed by atoms with Crippen LogP contribution in [0.4, 0.5) is 0 Å². The molecule has 8 heteroatoms. The molecule has 0 saturated carbocycles. The summed E-state index contributed by atoms with van der Waals surface area (Å²) in [5.41, 5.74) is -0.770. The van der Waals surface area contributed by atoms with Gasteiger partial charge in [-0.25, -0.2) is 5.10 Å². The number of hydrogen-bond acceptors (Lipinski definition) is 3. The minimum absolute atomic E-state index is 0. The second-order valence-corrected chi connectivity index (χ2v) is 2.66. The van der Waals surface area contributed by atoms with Crippen LogP contribution in [-0.2, 0) is 0 Å². The Balaban J connectivity index is 0. The first kappa shape index (κ1) is 17.3. The van der Waals surface area contributed by atoms with Gasteiger partial charge in [0.2, 0.25) is 0 Å². The fourth-order valence-electron chi connectivity index (χ4n) is 1.22. The smallest absolute Gasteiger partial charge is 0.292 e. The molecule has 1 aromatic carbocycles. The van der Waals surface area contributed by atoms with Gasteiger partial charge in [0, 0.05) is 29.6 Å². The molecule has 0 aliphatic carbocycles. The topological polar surface area (TPSA) is 144 Å². The van der Waals surface area contributed by atoms with Crippen LogP contribution in [0, 0.1) is 0 Å². The normalized spacial score (nSPS) is 8.50. The fourth-order valence-corrected chi connectivity index (χ4v) is 1.22. The molecule has 1 heterocycles. The molecule has 83 valence electrons. The van der Waals surface area contributed by atoms with E-state index in [1.165, 1.54) is 0 Å². The van der Waals surface area contributed by atoms with Crippen molar-refractivity contribution in [1.29, 1.82) is 0 Å². The van der Waals surface area contributed by atoms with Crippen LogP contribution >= 0.6 is 0 Å². The molecular weight excluding hydrogens is 225 g/mol. The van der Waals surface area contributed by atoms with Gasteiger partial charge in [-0.1, -0.05) is 12.1 Å². The predicted molar refractivity (Wildman–Crippen MR) is 62.0 cm³/mol. The molecule has 0 fully saturated rings. The number of H-pyrrole nitrogens is 1. The van der Waals surface area contributed by atoms with Crippen LogP contribution in [0.2, 0.25) is 0 Å². The minimum Gasteiger partial charge on any atom is -0.412 e. The Morgan fingerprint density at radius 1 is 1.06 bits per heavy atom. The van der Waals surface area contributed by atoms with Crippen molar-refractivity contribution in [2.24, 2.45) is 0 Å². The van der Waals surface area contributed by atoms with E-state index in [1.807, 2.05) is 0 Å². The summed E-state index contributed by atoms with van der Waals surface area (Å²) in [6.07, 6.45) is 0. The van der Waals surface area contributed by atoms with E-state index in [9.17, 15) is 9.59 Å². The molecule has 7 nitrogen and oxygen atoms in total. The fraction of sp³-hybridized carbons (Fsp3) is 0. The van der Waals surface area contributed by atoms with Crippen molar-refractivity contribution in [1.82, 2.24) is 9.89 Å². The van der Waals surface area contributed by atoms with E-state index >= 15 is 0 Å². The van der Waals surface area contributed by atoms with Crippen LogP contribution in [0.15, 0.2) is 33.9 Å². The van der Waals surface area contributed by atoms with Gasteiger partial charge in [-0.15, -0.1) is 0 Å². The predicted octanol–water partition coefficient (Wildman–Crippen LogP) is -2.63. The van der Waals surface area contributed by atoms with Crippen LogP contribution in [0.5, 0.6) is 0 Å². The van der Waals surface area contributed by atoms with Gasteiger partial charge in [0.05, 0.1) is 10.8 Å². The average molecular weight is 236 g/mol. The van der Waals surface area contributed by atoms with Gasteiger partial charge in [0.1, 0.15) is 0 Å². The monoisotopic (exact) mass is 236 g/mol. The molecule has 2 rings (SSSR count). The van der Waals surface area contributed by atoms with Gasteiger partial charge < -0.3 is 16.8 Å². The SMILES string of the molecule is Nn1[nH]c(=O)c2ccccc2c1=O.O.O.[Na]. The number of benzene rings is 1. The van der Waals surface area contributed by atoms with Crippen LogP contribution in [0.25, 0.3) is 10.8 Å². The maximum atomic E-state index is 11.3. The van der Waals surface area contributed by atoms with Crippen molar-refractivity contribution >= 4 is 40.3 Å². The van der Waals surface area contributed by atoms with E-state index in [0.29, 0.717) is 15.6 Å². The second kappa shape index (κ2) is 6.46. The van der Waals surface area contributed by atoms with Gasteiger partial charge in [-0.05, 0) is 12.1 Å². The van der Waals surface area contributed by atoms with Gasteiger partial charge in [-0.3, -0.25) is 9.59 Å². The largest absolute Gasteiger partial charge is 0.412 e. The van der Waals surface area contributed by atoms with E-state index in [-0.39, 0.29) is 46.1 Å². The van der Waals surface area contributed by atoms with Gasteiger partial charge in [0.25, 0.3) is 11.1 Å². The molecule has 0 bridgehead atoms. The van der Waals surface area contributed by atoms with E-state index in [0.717, 1.165) is 0 Å². The van der Waals surface area contributed by atoms with E-state index in [1.54, 1.807) is 24.3 Å². The Morgan fingerprint density at radius 3 is 2.12 bits per heavy atom. The Bertz CT molecular complexity index is 577. The molecule has 0 saturated heterocycles. The molecule has 0 aliphatic rings. The maximum Gasteiger partial charge on any atom is 0.292 e. The molecule has 7 N–H and O–H groups in total. The average Bonchev–Trinajstić information content (AvgIpc) is 2.15. The third kappa shape index (κ3) is 2.71. The summed E-state index contributed by atoms with van der Waals surface area (Å²) in [6.45, 7) is 0. The Kier molecular flexibility index (Phi) is 6.98. The summed E-state index contributed by atoms with van der Waals surface area (Å²) >= 11 is 0. The number of hydrogen-bond donors (Lipinski definition) is 2. The van der Waals surface area contributed by atoms with Gasteiger partial charge in [0.15, 0.2) is 0 Å². The summed E-state index contributed by atoms with van der Waals surface area (Å²) in [5.74, 6) is 5.24. The molecule has 0 amide bonds. The first-order chi connectivity index (χ1) is 6.20. The number of nitrogens with zero attached hydrogens (tertiary/aromatic N) is 1. The standard InChI is InChI=1S/C8H7N3O2.Na.2H2O/c9-11-8(13)6-4-2-1-3-5(6)7(12)10-11;;;/h1-4H,9H2,(H,10,12);;2*1H2. The van der Waals surface area contributed by atoms with Crippen molar-refractivity contribution in [3.05, 3.63) is 45.0 Å². The number of nitrogens with one attached hydrogen (secondary N) is 1. The quantitative estimate of drug-likeness (QED) is 0.381. The number of nitrogens with two attached hydrogens (primary N) is 1. The molecule has 0 unspecified atom stereocenters. The number of nitrogen functional groups attached to an aromatic ring is 1. The Labute approximate surface area is 112 Å². The maximum absolute atomic E-state index is 11.3. The Morgan fingerprint density at radius 2 is 1.56 bits per heavy atom. The van der Waals surface area contributed by atoms with Crippen LogP contribution in [-0.4, -0.2) is 50.4 Å². The van der Waals surface area contributed by atoms with Crippen molar-refractivity contribution in [2.45, 2.75) is 0 Å². The zero-order chi connectivity index (χ0) is 9.42.